The van der Waals surface area contributed by atoms with Crippen molar-refractivity contribution in [2.24, 2.45) is 0 Å². The Balaban J connectivity index is 2.09. The molecule has 22 heavy (non-hydrogen) atoms. The van der Waals surface area contributed by atoms with Crippen molar-refractivity contribution >= 4 is 27.6 Å². The highest BCUT2D eigenvalue weighted by atomic mass is 16.3. The van der Waals surface area contributed by atoms with Gasteiger partial charge in [0.15, 0.2) is 17.4 Å². The van der Waals surface area contributed by atoms with Gasteiger partial charge in [-0.25, -0.2) is 4.48 Å². The summed E-state index contributed by atoms with van der Waals surface area (Å²) >= 11 is 0. The van der Waals surface area contributed by atoms with Crippen LogP contribution in [0.1, 0.15) is 12.5 Å². The average molecular weight is 293 g/mol. The minimum atomic E-state index is 0.345. The summed E-state index contributed by atoms with van der Waals surface area (Å²) in [5.41, 5.74) is 4.48. The molecule has 4 rings (SSSR count). The normalized spacial score (nSPS) is 24.7. The lowest BCUT2D eigenvalue weighted by molar-refractivity contribution is 0.226. The summed E-state index contributed by atoms with van der Waals surface area (Å²) < 4.78 is 6.99. The maximum atomic E-state index is 6.26. The van der Waals surface area contributed by atoms with Crippen LogP contribution in [0.25, 0.3) is 21.9 Å². The van der Waals surface area contributed by atoms with Crippen molar-refractivity contribution in [2.45, 2.75) is 20.0 Å². The van der Waals surface area contributed by atoms with Crippen molar-refractivity contribution in [3.05, 3.63) is 54.4 Å². The third-order valence-corrected chi connectivity index (χ3v) is 5.18. The van der Waals surface area contributed by atoms with Crippen molar-refractivity contribution in [1.29, 1.82) is 0 Å². The van der Waals surface area contributed by atoms with Gasteiger partial charge in [-0.05, 0) is 19.1 Å². The fourth-order valence-electron chi connectivity index (χ4n) is 3.60. The van der Waals surface area contributed by atoms with Crippen LogP contribution in [0.3, 0.4) is 0 Å². The van der Waals surface area contributed by atoms with E-state index >= 15 is 0 Å². The number of benzene rings is 2. The summed E-state index contributed by atoms with van der Waals surface area (Å²) in [6.07, 6.45) is 4.75. The molecule has 2 atom stereocenters. The van der Waals surface area contributed by atoms with E-state index in [2.05, 4.69) is 69.5 Å². The largest absolute Gasteiger partial charge is 0.450 e. The van der Waals surface area contributed by atoms with Crippen molar-refractivity contribution in [2.75, 3.05) is 14.1 Å². The van der Waals surface area contributed by atoms with E-state index in [1.54, 1.807) is 0 Å². The Kier molecular flexibility index (Phi) is 2.66. The van der Waals surface area contributed by atoms with Crippen LogP contribution in [0.15, 0.2) is 53.2 Å². The molecule has 2 unspecified atom stereocenters. The molecular formula is C19H21N2O+. The topological polar surface area (TPSA) is 16.4 Å². The van der Waals surface area contributed by atoms with E-state index in [1.807, 2.05) is 12.1 Å². The number of hydrogen-bond acceptors (Lipinski definition) is 2. The molecule has 0 fully saturated rings. The highest BCUT2D eigenvalue weighted by Gasteiger charge is 2.40. The zero-order valence-electron chi connectivity index (χ0n) is 13.5. The Morgan fingerprint density at radius 1 is 1.09 bits per heavy atom. The molecule has 1 aliphatic heterocycles. The maximum Gasteiger partial charge on any atom is 0.196 e. The van der Waals surface area contributed by atoms with Crippen LogP contribution in [0, 0.1) is 6.92 Å². The van der Waals surface area contributed by atoms with Gasteiger partial charge in [-0.3, -0.25) is 0 Å². The van der Waals surface area contributed by atoms with Gasteiger partial charge in [-0.1, -0.05) is 24.3 Å². The molecule has 0 spiro atoms. The lowest BCUT2D eigenvalue weighted by Gasteiger charge is -2.34. The molecule has 0 bridgehead atoms. The molecule has 0 amide bonds. The van der Waals surface area contributed by atoms with E-state index in [0.717, 1.165) is 15.6 Å². The van der Waals surface area contributed by atoms with E-state index in [1.165, 1.54) is 22.0 Å². The summed E-state index contributed by atoms with van der Waals surface area (Å²) in [5, 5.41) is 2.39. The first-order valence-electron chi connectivity index (χ1n) is 7.71. The van der Waals surface area contributed by atoms with Crippen LogP contribution in [0.4, 0.5) is 5.69 Å². The number of para-hydroxylation sites is 1. The van der Waals surface area contributed by atoms with E-state index in [9.17, 15) is 0 Å². The van der Waals surface area contributed by atoms with Crippen LogP contribution >= 0.6 is 0 Å². The second-order valence-corrected chi connectivity index (χ2v) is 6.45. The van der Waals surface area contributed by atoms with Crippen molar-refractivity contribution in [3.8, 4) is 0 Å². The van der Waals surface area contributed by atoms with Gasteiger partial charge in [0.1, 0.15) is 11.8 Å². The van der Waals surface area contributed by atoms with E-state index in [0.29, 0.717) is 6.17 Å². The smallest absolute Gasteiger partial charge is 0.196 e. The zero-order chi connectivity index (χ0) is 15.5. The van der Waals surface area contributed by atoms with Crippen LogP contribution < -0.4 is 4.48 Å². The van der Waals surface area contributed by atoms with Crippen molar-refractivity contribution < 1.29 is 4.42 Å². The molecule has 2 aromatic carbocycles. The number of fused-ring (bicyclic) bond motifs is 3. The monoisotopic (exact) mass is 293 g/mol. The summed E-state index contributed by atoms with van der Waals surface area (Å²) in [6, 6.07) is 12.7. The molecule has 112 valence electrons. The summed E-state index contributed by atoms with van der Waals surface area (Å²) in [7, 11) is 4.37. The predicted octanol–water partition coefficient (Wildman–Crippen LogP) is 4.59. The molecule has 3 heteroatoms. The molecule has 1 aliphatic rings. The third kappa shape index (κ3) is 1.60. The van der Waals surface area contributed by atoms with Crippen LogP contribution in [0.2, 0.25) is 0 Å². The molecule has 0 N–H and O–H groups in total. The highest BCUT2D eigenvalue weighted by molar-refractivity contribution is 6.09. The Bertz CT molecular complexity index is 908. The summed E-state index contributed by atoms with van der Waals surface area (Å²) in [5.74, 6) is 0. The highest BCUT2D eigenvalue weighted by Crippen LogP contribution is 2.42. The maximum absolute atomic E-state index is 6.26. The van der Waals surface area contributed by atoms with Gasteiger partial charge < -0.3 is 9.32 Å². The number of quaternary nitrogens is 1. The number of hydrogen-bond donors (Lipinski definition) is 0. The summed E-state index contributed by atoms with van der Waals surface area (Å²) in [6.45, 7) is 4.42. The molecule has 2 heterocycles. The molecule has 3 aromatic rings. The Morgan fingerprint density at radius 3 is 2.59 bits per heavy atom. The van der Waals surface area contributed by atoms with Gasteiger partial charge in [0.25, 0.3) is 0 Å². The Labute approximate surface area is 130 Å². The summed E-state index contributed by atoms with van der Waals surface area (Å²) in [4.78, 5) is 2.25. The molecule has 0 saturated heterocycles. The minimum Gasteiger partial charge on any atom is -0.450 e. The second kappa shape index (κ2) is 4.37. The molecule has 3 nitrogen and oxygen atoms in total. The van der Waals surface area contributed by atoms with Crippen LogP contribution in [-0.2, 0) is 0 Å². The quantitative estimate of drug-likeness (QED) is 0.610. The van der Waals surface area contributed by atoms with Crippen LogP contribution in [-0.4, -0.2) is 25.2 Å². The molecule has 0 saturated carbocycles. The molecular weight excluding hydrogens is 272 g/mol. The first-order valence-corrected chi connectivity index (χ1v) is 7.71. The van der Waals surface area contributed by atoms with E-state index in [4.69, 9.17) is 4.42 Å². The SMILES string of the molecule is Cc1ccc2c(oc3ccccc32)c1[N+]1(C)C=CN(C)C1C. The second-order valence-electron chi connectivity index (χ2n) is 6.45. The average Bonchev–Trinajstić information content (AvgIpc) is 3.00. The number of furan rings is 1. The molecule has 1 aromatic heterocycles. The number of rotatable bonds is 1. The lowest BCUT2D eigenvalue weighted by Crippen LogP contribution is -2.49. The van der Waals surface area contributed by atoms with Gasteiger partial charge in [0.05, 0.1) is 13.2 Å². The minimum absolute atomic E-state index is 0.345. The van der Waals surface area contributed by atoms with E-state index < -0.39 is 0 Å². The Morgan fingerprint density at radius 2 is 1.86 bits per heavy atom. The van der Waals surface area contributed by atoms with Crippen LogP contribution in [0.5, 0.6) is 0 Å². The van der Waals surface area contributed by atoms with Gasteiger partial charge in [-0.2, -0.15) is 0 Å². The predicted molar refractivity (Wildman–Crippen MR) is 92.5 cm³/mol. The van der Waals surface area contributed by atoms with Gasteiger partial charge in [0, 0.05) is 30.3 Å². The first kappa shape index (κ1) is 13.4. The van der Waals surface area contributed by atoms with Gasteiger partial charge in [-0.15, -0.1) is 0 Å². The first-order chi connectivity index (χ1) is 10.5. The van der Waals surface area contributed by atoms with Crippen molar-refractivity contribution in [1.82, 2.24) is 9.38 Å². The Hall–Kier alpha value is -2.26. The molecule has 0 radical (unpaired) electrons. The number of aryl methyl sites for hydroxylation is 1. The standard InChI is InChI=1S/C19H21N2O/c1-13-9-10-16-15-7-5-6-8-17(15)22-19(16)18(13)21(4)12-11-20(3)14(21)2/h5-12,14H,1-4H3/q+1. The lowest BCUT2D eigenvalue weighted by atomic mass is 10.1. The fraction of sp³-hybridized carbons (Fsp3) is 0.263. The van der Waals surface area contributed by atoms with Gasteiger partial charge >= 0.3 is 0 Å². The zero-order valence-corrected chi connectivity index (χ0v) is 13.5. The van der Waals surface area contributed by atoms with Crippen molar-refractivity contribution in [3.63, 3.8) is 0 Å². The van der Waals surface area contributed by atoms with Gasteiger partial charge in [0.2, 0.25) is 0 Å². The fourth-order valence-corrected chi connectivity index (χ4v) is 3.60. The van der Waals surface area contributed by atoms with E-state index in [-0.39, 0.29) is 0 Å². The molecule has 0 aliphatic carbocycles. The third-order valence-electron chi connectivity index (χ3n) is 5.18. The number of nitrogens with zero attached hydrogens (tertiary/aromatic N) is 2.